The zero-order valence-electron chi connectivity index (χ0n) is 15.5. The van der Waals surface area contributed by atoms with Crippen LogP contribution < -0.4 is 20.7 Å². The van der Waals surface area contributed by atoms with Crippen LogP contribution in [0.25, 0.3) is 0 Å². The van der Waals surface area contributed by atoms with Crippen LogP contribution in [0.3, 0.4) is 0 Å². The molecule has 1 aromatic rings. The fourth-order valence-electron chi connectivity index (χ4n) is 3.17. The number of benzene rings is 1. The van der Waals surface area contributed by atoms with Crippen molar-refractivity contribution in [3.8, 4) is 5.75 Å². The first-order chi connectivity index (χ1) is 12.1. The van der Waals surface area contributed by atoms with Gasteiger partial charge in [0.15, 0.2) is 0 Å². The third-order valence-corrected chi connectivity index (χ3v) is 4.78. The summed E-state index contributed by atoms with van der Waals surface area (Å²) in [5.74, 6) is 1.65. The summed E-state index contributed by atoms with van der Waals surface area (Å²) >= 11 is 0. The van der Waals surface area contributed by atoms with Gasteiger partial charge in [0.1, 0.15) is 5.75 Å². The van der Waals surface area contributed by atoms with E-state index in [1.54, 1.807) is 31.4 Å². The van der Waals surface area contributed by atoms with E-state index in [0.717, 1.165) is 25.9 Å². The molecule has 1 unspecified atom stereocenters. The Morgan fingerprint density at radius 1 is 1.15 bits per heavy atom. The number of hydrogen-bond donors (Lipinski definition) is 3. The van der Waals surface area contributed by atoms with E-state index in [2.05, 4.69) is 22.9 Å². The van der Waals surface area contributed by atoms with Gasteiger partial charge < -0.3 is 20.7 Å². The topological polar surface area (TPSA) is 79.5 Å². The van der Waals surface area contributed by atoms with Gasteiger partial charge >= 0.3 is 0 Å². The van der Waals surface area contributed by atoms with Gasteiger partial charge in [0.05, 0.1) is 7.11 Å². The standard InChI is InChI=1S/C19H29N3O3.ClH/c1-14(15-7-9-20-10-8-15)13-18(23)21-11-12-22-19(24)16-3-5-17(25-2)6-4-16;/h3-6,14-15,20H,7-13H2,1-2H3,(H,21,23)(H,22,24);1H. The Bertz CT molecular complexity index is 560. The van der Waals surface area contributed by atoms with Gasteiger partial charge in [0.2, 0.25) is 5.91 Å². The zero-order chi connectivity index (χ0) is 18.1. The molecule has 2 amide bonds. The highest BCUT2D eigenvalue weighted by molar-refractivity contribution is 5.94. The molecule has 26 heavy (non-hydrogen) atoms. The minimum Gasteiger partial charge on any atom is -0.497 e. The molecular weight excluding hydrogens is 354 g/mol. The summed E-state index contributed by atoms with van der Waals surface area (Å²) in [6.45, 7) is 5.11. The minimum absolute atomic E-state index is 0. The quantitative estimate of drug-likeness (QED) is 0.600. The largest absolute Gasteiger partial charge is 0.497 e. The molecule has 1 saturated heterocycles. The first-order valence-electron chi connectivity index (χ1n) is 9.00. The molecule has 3 N–H and O–H groups in total. The van der Waals surface area contributed by atoms with Crippen LogP contribution in [-0.2, 0) is 4.79 Å². The van der Waals surface area contributed by atoms with Gasteiger partial charge in [0.25, 0.3) is 5.91 Å². The lowest BCUT2D eigenvalue weighted by Gasteiger charge is -2.27. The fourth-order valence-corrected chi connectivity index (χ4v) is 3.17. The average molecular weight is 384 g/mol. The molecule has 0 bridgehead atoms. The summed E-state index contributed by atoms with van der Waals surface area (Å²) in [6.07, 6.45) is 2.84. The number of halogens is 1. The normalized spacial score (nSPS) is 15.5. The van der Waals surface area contributed by atoms with Crippen LogP contribution in [0.15, 0.2) is 24.3 Å². The number of ether oxygens (including phenoxy) is 1. The molecule has 6 nitrogen and oxygen atoms in total. The van der Waals surface area contributed by atoms with Crippen molar-refractivity contribution in [2.75, 3.05) is 33.3 Å². The van der Waals surface area contributed by atoms with E-state index in [1.165, 1.54) is 0 Å². The Morgan fingerprint density at radius 2 is 1.77 bits per heavy atom. The van der Waals surface area contributed by atoms with Crippen LogP contribution >= 0.6 is 12.4 Å². The van der Waals surface area contributed by atoms with Crippen LogP contribution in [0.5, 0.6) is 5.75 Å². The van der Waals surface area contributed by atoms with Crippen LogP contribution in [0.4, 0.5) is 0 Å². The molecule has 1 atom stereocenters. The van der Waals surface area contributed by atoms with Crippen molar-refractivity contribution in [1.29, 1.82) is 0 Å². The number of carbonyl (C=O) groups excluding carboxylic acids is 2. The number of rotatable bonds is 8. The second kappa shape index (κ2) is 11.8. The highest BCUT2D eigenvalue weighted by Gasteiger charge is 2.21. The van der Waals surface area contributed by atoms with Crippen molar-refractivity contribution in [2.24, 2.45) is 11.8 Å². The first kappa shape index (κ1) is 22.3. The van der Waals surface area contributed by atoms with Crippen molar-refractivity contribution in [3.05, 3.63) is 29.8 Å². The highest BCUT2D eigenvalue weighted by atomic mass is 35.5. The van der Waals surface area contributed by atoms with Crippen LogP contribution in [0.1, 0.15) is 36.5 Å². The maximum atomic E-state index is 12.0. The van der Waals surface area contributed by atoms with E-state index in [0.29, 0.717) is 42.7 Å². The van der Waals surface area contributed by atoms with Crippen molar-refractivity contribution in [3.63, 3.8) is 0 Å². The van der Waals surface area contributed by atoms with Crippen molar-refractivity contribution in [2.45, 2.75) is 26.2 Å². The van der Waals surface area contributed by atoms with E-state index in [1.807, 2.05) is 0 Å². The Balaban J connectivity index is 0.00000338. The minimum atomic E-state index is -0.153. The zero-order valence-corrected chi connectivity index (χ0v) is 16.4. The van der Waals surface area contributed by atoms with E-state index in [4.69, 9.17) is 4.74 Å². The van der Waals surface area contributed by atoms with E-state index < -0.39 is 0 Å². The van der Waals surface area contributed by atoms with Gasteiger partial charge in [-0.05, 0) is 62.0 Å². The number of amides is 2. The van der Waals surface area contributed by atoms with Crippen molar-refractivity contribution < 1.29 is 14.3 Å². The Hall–Kier alpha value is -1.79. The third-order valence-electron chi connectivity index (χ3n) is 4.78. The Morgan fingerprint density at radius 3 is 2.38 bits per heavy atom. The number of nitrogens with one attached hydrogen (secondary N) is 3. The summed E-state index contributed by atoms with van der Waals surface area (Å²) in [7, 11) is 1.59. The molecule has 1 aliphatic rings. The molecule has 1 fully saturated rings. The number of carbonyl (C=O) groups is 2. The third kappa shape index (κ3) is 7.22. The maximum Gasteiger partial charge on any atom is 0.251 e. The number of hydrogen-bond acceptors (Lipinski definition) is 4. The van der Waals surface area contributed by atoms with Crippen LogP contribution in [0.2, 0.25) is 0 Å². The molecule has 1 aliphatic heterocycles. The molecule has 7 heteroatoms. The van der Waals surface area contributed by atoms with Crippen LogP contribution in [0, 0.1) is 11.8 Å². The first-order valence-corrected chi connectivity index (χ1v) is 9.00. The molecule has 1 heterocycles. The van der Waals surface area contributed by atoms with Gasteiger partial charge in [-0.3, -0.25) is 9.59 Å². The average Bonchev–Trinajstić information content (AvgIpc) is 2.65. The lowest BCUT2D eigenvalue weighted by atomic mass is 9.84. The second-order valence-corrected chi connectivity index (χ2v) is 6.60. The fraction of sp³-hybridized carbons (Fsp3) is 0.579. The molecule has 0 radical (unpaired) electrons. The molecule has 146 valence electrons. The number of methoxy groups -OCH3 is 1. The van der Waals surface area contributed by atoms with Gasteiger partial charge in [0, 0.05) is 25.1 Å². The van der Waals surface area contributed by atoms with Gasteiger partial charge in [-0.15, -0.1) is 12.4 Å². The monoisotopic (exact) mass is 383 g/mol. The molecular formula is C19H30ClN3O3. The lowest BCUT2D eigenvalue weighted by Crippen LogP contribution is -2.36. The summed E-state index contributed by atoms with van der Waals surface area (Å²) in [6, 6.07) is 6.93. The predicted octanol–water partition coefficient (Wildman–Crippen LogP) is 1.99. The Labute approximate surface area is 161 Å². The van der Waals surface area contributed by atoms with E-state index in [-0.39, 0.29) is 24.2 Å². The molecule has 0 aromatic heterocycles. The smallest absolute Gasteiger partial charge is 0.251 e. The predicted molar refractivity (Wildman–Crippen MR) is 105 cm³/mol. The molecule has 1 aromatic carbocycles. The van der Waals surface area contributed by atoms with Gasteiger partial charge in [-0.25, -0.2) is 0 Å². The van der Waals surface area contributed by atoms with Gasteiger partial charge in [-0.2, -0.15) is 0 Å². The van der Waals surface area contributed by atoms with Crippen LogP contribution in [-0.4, -0.2) is 45.1 Å². The Kier molecular flexibility index (Phi) is 10.1. The molecule has 0 saturated carbocycles. The highest BCUT2D eigenvalue weighted by Crippen LogP contribution is 2.24. The molecule has 0 spiro atoms. The SMILES string of the molecule is COc1ccc(C(=O)NCCNC(=O)CC(C)C2CCNCC2)cc1.Cl. The van der Waals surface area contributed by atoms with Crippen molar-refractivity contribution >= 4 is 24.2 Å². The van der Waals surface area contributed by atoms with E-state index >= 15 is 0 Å². The summed E-state index contributed by atoms with van der Waals surface area (Å²) in [5, 5.41) is 9.04. The summed E-state index contributed by atoms with van der Waals surface area (Å²) < 4.78 is 5.07. The number of piperidine rings is 1. The summed E-state index contributed by atoms with van der Waals surface area (Å²) in [4.78, 5) is 24.0. The molecule has 2 rings (SSSR count). The second-order valence-electron chi connectivity index (χ2n) is 6.60. The lowest BCUT2D eigenvalue weighted by molar-refractivity contribution is -0.122. The van der Waals surface area contributed by atoms with Crippen molar-refractivity contribution in [1.82, 2.24) is 16.0 Å². The van der Waals surface area contributed by atoms with E-state index in [9.17, 15) is 9.59 Å². The van der Waals surface area contributed by atoms with Gasteiger partial charge in [-0.1, -0.05) is 6.92 Å². The summed E-state index contributed by atoms with van der Waals surface area (Å²) in [5.41, 5.74) is 0.576. The maximum absolute atomic E-state index is 12.0. The molecule has 0 aliphatic carbocycles.